The number of carboxylic acids is 1. The van der Waals surface area contributed by atoms with Crippen molar-refractivity contribution in [3.8, 4) is 0 Å². The Balaban J connectivity index is 2.55. The van der Waals surface area contributed by atoms with Gasteiger partial charge in [-0.3, -0.25) is 9.59 Å². The van der Waals surface area contributed by atoms with Gasteiger partial charge in [0.2, 0.25) is 5.91 Å². The van der Waals surface area contributed by atoms with Crippen LogP contribution in [-0.2, 0) is 16.0 Å². The van der Waals surface area contributed by atoms with Gasteiger partial charge in [-0.05, 0) is 12.0 Å². The molecule has 4 nitrogen and oxygen atoms in total. The highest BCUT2D eigenvalue weighted by atomic mass is 16.4. The second-order valence-corrected chi connectivity index (χ2v) is 4.89. The van der Waals surface area contributed by atoms with Crippen LogP contribution in [0, 0.1) is 0 Å². The van der Waals surface area contributed by atoms with E-state index >= 15 is 0 Å². The maximum Gasteiger partial charge on any atom is 0.305 e. The fourth-order valence-corrected chi connectivity index (χ4v) is 2.03. The molecule has 0 atom stereocenters. The Morgan fingerprint density at radius 2 is 1.80 bits per heavy atom. The van der Waals surface area contributed by atoms with E-state index in [4.69, 9.17) is 5.11 Å². The maximum atomic E-state index is 12.3. The zero-order chi connectivity index (χ0) is 14.8. The molecule has 4 heteroatoms. The van der Waals surface area contributed by atoms with Crippen LogP contribution in [0.15, 0.2) is 30.3 Å². The van der Waals surface area contributed by atoms with E-state index in [0.717, 1.165) is 24.8 Å². The van der Waals surface area contributed by atoms with E-state index < -0.39 is 5.97 Å². The van der Waals surface area contributed by atoms with Gasteiger partial charge in [-0.25, -0.2) is 0 Å². The molecule has 0 bridgehead atoms. The van der Waals surface area contributed by atoms with E-state index in [9.17, 15) is 9.59 Å². The molecule has 0 fully saturated rings. The van der Waals surface area contributed by atoms with Crippen molar-refractivity contribution in [2.45, 2.75) is 39.0 Å². The van der Waals surface area contributed by atoms with Crippen LogP contribution in [0.2, 0.25) is 0 Å². The molecule has 1 rings (SSSR count). The lowest BCUT2D eigenvalue weighted by atomic mass is 10.1. The standard InChI is InChI=1S/C16H23NO3/c1-2-3-7-11-17(12-10-16(19)20)15(18)13-14-8-5-4-6-9-14/h4-6,8-9H,2-3,7,10-13H2,1H3,(H,19,20). The minimum absolute atomic E-state index is 0.00660. The van der Waals surface area contributed by atoms with E-state index in [1.807, 2.05) is 30.3 Å². The molecule has 0 radical (unpaired) electrons. The van der Waals surface area contributed by atoms with Gasteiger partial charge in [0.1, 0.15) is 0 Å². The van der Waals surface area contributed by atoms with Gasteiger partial charge in [0.25, 0.3) is 0 Å². The first-order chi connectivity index (χ1) is 9.63. The van der Waals surface area contributed by atoms with E-state index in [-0.39, 0.29) is 12.3 Å². The highest BCUT2D eigenvalue weighted by Crippen LogP contribution is 2.06. The molecule has 0 aliphatic carbocycles. The lowest BCUT2D eigenvalue weighted by Gasteiger charge is -2.22. The number of unbranched alkanes of at least 4 members (excludes halogenated alkanes) is 2. The fourth-order valence-electron chi connectivity index (χ4n) is 2.03. The molecule has 0 saturated carbocycles. The SMILES string of the molecule is CCCCCN(CCC(=O)O)C(=O)Cc1ccccc1. The lowest BCUT2D eigenvalue weighted by molar-refractivity contribution is -0.138. The number of amides is 1. The summed E-state index contributed by atoms with van der Waals surface area (Å²) in [5.74, 6) is -0.855. The van der Waals surface area contributed by atoms with Crippen molar-refractivity contribution in [2.75, 3.05) is 13.1 Å². The van der Waals surface area contributed by atoms with Crippen LogP contribution >= 0.6 is 0 Å². The normalized spacial score (nSPS) is 10.2. The third kappa shape index (κ3) is 6.36. The van der Waals surface area contributed by atoms with E-state index in [1.165, 1.54) is 0 Å². The van der Waals surface area contributed by atoms with Crippen molar-refractivity contribution in [2.24, 2.45) is 0 Å². The van der Waals surface area contributed by atoms with Crippen molar-refractivity contribution < 1.29 is 14.7 Å². The third-order valence-corrected chi connectivity index (χ3v) is 3.18. The molecule has 0 aliphatic rings. The monoisotopic (exact) mass is 277 g/mol. The molecule has 0 unspecified atom stereocenters. The molecule has 1 aromatic carbocycles. The number of rotatable bonds is 9. The number of carbonyl (C=O) groups excluding carboxylic acids is 1. The van der Waals surface area contributed by atoms with Crippen LogP contribution in [-0.4, -0.2) is 35.0 Å². The highest BCUT2D eigenvalue weighted by Gasteiger charge is 2.14. The molecule has 0 saturated heterocycles. The van der Waals surface area contributed by atoms with Gasteiger partial charge in [-0.2, -0.15) is 0 Å². The zero-order valence-electron chi connectivity index (χ0n) is 12.0. The zero-order valence-corrected chi connectivity index (χ0v) is 12.0. The number of hydrogen-bond acceptors (Lipinski definition) is 2. The minimum atomic E-state index is -0.863. The summed E-state index contributed by atoms with van der Waals surface area (Å²) >= 11 is 0. The van der Waals surface area contributed by atoms with Crippen molar-refractivity contribution in [3.05, 3.63) is 35.9 Å². The topological polar surface area (TPSA) is 57.6 Å². The molecule has 1 amide bonds. The summed E-state index contributed by atoms with van der Waals surface area (Å²) in [6.45, 7) is 3.05. The number of nitrogens with zero attached hydrogens (tertiary/aromatic N) is 1. The first-order valence-electron chi connectivity index (χ1n) is 7.17. The van der Waals surface area contributed by atoms with Crippen LogP contribution in [0.25, 0.3) is 0 Å². The Morgan fingerprint density at radius 3 is 2.40 bits per heavy atom. The number of benzene rings is 1. The van der Waals surface area contributed by atoms with E-state index in [1.54, 1.807) is 4.90 Å². The smallest absolute Gasteiger partial charge is 0.305 e. The number of hydrogen-bond donors (Lipinski definition) is 1. The van der Waals surface area contributed by atoms with Crippen LogP contribution in [0.4, 0.5) is 0 Å². The first-order valence-corrected chi connectivity index (χ1v) is 7.17. The summed E-state index contributed by atoms with van der Waals surface area (Å²) in [5, 5.41) is 8.77. The molecule has 0 aliphatic heterocycles. The van der Waals surface area contributed by atoms with Crippen LogP contribution < -0.4 is 0 Å². The Kier molecular flexibility index (Phi) is 7.40. The first kappa shape index (κ1) is 16.2. The molecule has 1 N–H and O–H groups in total. The second kappa shape index (κ2) is 9.13. The second-order valence-electron chi connectivity index (χ2n) is 4.89. The summed E-state index contributed by atoms with van der Waals surface area (Å²) < 4.78 is 0. The fraction of sp³-hybridized carbons (Fsp3) is 0.500. The largest absolute Gasteiger partial charge is 0.481 e. The Hall–Kier alpha value is -1.84. The summed E-state index contributed by atoms with van der Waals surface area (Å²) in [4.78, 5) is 24.6. The van der Waals surface area contributed by atoms with E-state index in [2.05, 4.69) is 6.92 Å². The highest BCUT2D eigenvalue weighted by molar-refractivity contribution is 5.79. The average Bonchev–Trinajstić information content (AvgIpc) is 2.43. The van der Waals surface area contributed by atoms with Crippen molar-refractivity contribution in [3.63, 3.8) is 0 Å². The number of carbonyl (C=O) groups is 2. The van der Waals surface area contributed by atoms with Crippen molar-refractivity contribution in [1.29, 1.82) is 0 Å². The molecule has 110 valence electrons. The molecular weight excluding hydrogens is 254 g/mol. The van der Waals surface area contributed by atoms with Crippen LogP contribution in [0.3, 0.4) is 0 Å². The predicted octanol–water partition coefficient (Wildman–Crippen LogP) is 2.72. The van der Waals surface area contributed by atoms with Gasteiger partial charge >= 0.3 is 5.97 Å². The minimum Gasteiger partial charge on any atom is -0.481 e. The molecule has 20 heavy (non-hydrogen) atoms. The van der Waals surface area contributed by atoms with Gasteiger partial charge in [0.15, 0.2) is 0 Å². The Bertz CT molecular complexity index is 417. The average molecular weight is 277 g/mol. The van der Waals surface area contributed by atoms with Gasteiger partial charge in [0, 0.05) is 13.1 Å². The number of carboxylic acid groups (broad SMARTS) is 1. The van der Waals surface area contributed by atoms with Crippen LogP contribution in [0.1, 0.15) is 38.2 Å². The summed E-state index contributed by atoms with van der Waals surface area (Å²) in [5.41, 5.74) is 0.966. The quantitative estimate of drug-likeness (QED) is 0.706. The molecule has 1 aromatic rings. The molecular formula is C16H23NO3. The van der Waals surface area contributed by atoms with Crippen molar-refractivity contribution >= 4 is 11.9 Å². The molecule has 0 spiro atoms. The van der Waals surface area contributed by atoms with Gasteiger partial charge in [-0.1, -0.05) is 50.1 Å². The number of aliphatic carboxylic acids is 1. The van der Waals surface area contributed by atoms with Gasteiger partial charge in [-0.15, -0.1) is 0 Å². The van der Waals surface area contributed by atoms with Gasteiger partial charge < -0.3 is 10.0 Å². The van der Waals surface area contributed by atoms with Crippen LogP contribution in [0.5, 0.6) is 0 Å². The summed E-state index contributed by atoms with van der Waals surface area (Å²) in [6.07, 6.45) is 3.41. The Labute approximate surface area is 120 Å². The third-order valence-electron chi connectivity index (χ3n) is 3.18. The molecule has 0 aromatic heterocycles. The maximum absolute atomic E-state index is 12.3. The predicted molar refractivity (Wildman–Crippen MR) is 78.5 cm³/mol. The van der Waals surface area contributed by atoms with Gasteiger partial charge in [0.05, 0.1) is 12.8 Å². The summed E-state index contributed by atoms with van der Waals surface area (Å²) in [7, 11) is 0. The Morgan fingerprint density at radius 1 is 1.10 bits per heavy atom. The summed E-state index contributed by atoms with van der Waals surface area (Å²) in [6, 6.07) is 9.55. The lowest BCUT2D eigenvalue weighted by Crippen LogP contribution is -2.35. The van der Waals surface area contributed by atoms with Crippen molar-refractivity contribution in [1.82, 2.24) is 4.90 Å². The van der Waals surface area contributed by atoms with E-state index in [0.29, 0.717) is 19.5 Å². The molecule has 0 heterocycles.